The first-order valence-electron chi connectivity index (χ1n) is 13.0. The Kier molecular flexibility index (Phi) is 8.31. The van der Waals surface area contributed by atoms with E-state index in [0.29, 0.717) is 6.42 Å². The average molecular weight is 560 g/mol. The number of ketones is 2. The zero-order chi connectivity index (χ0) is 28.1. The third-order valence-electron chi connectivity index (χ3n) is 7.73. The summed E-state index contributed by atoms with van der Waals surface area (Å²) in [5.41, 5.74) is 4.10. The van der Waals surface area contributed by atoms with Crippen molar-refractivity contribution in [2.24, 2.45) is 34.8 Å². The number of nitrogens with zero attached hydrogens (tertiary/aromatic N) is 1. The summed E-state index contributed by atoms with van der Waals surface area (Å²) in [5, 5.41) is 5.58. The van der Waals surface area contributed by atoms with Crippen LogP contribution in [0.3, 0.4) is 0 Å². The van der Waals surface area contributed by atoms with Crippen LogP contribution in [-0.2, 0) is 19.2 Å². The molecule has 208 valence electrons. The van der Waals surface area contributed by atoms with Gasteiger partial charge in [-0.05, 0) is 38.5 Å². The molecule has 2 saturated carbocycles. The van der Waals surface area contributed by atoms with Gasteiger partial charge in [-0.25, -0.2) is 4.79 Å². The molecule has 1 saturated heterocycles. The first-order valence-corrected chi connectivity index (χ1v) is 13.7. The van der Waals surface area contributed by atoms with Crippen LogP contribution in [0.5, 0.6) is 0 Å². The minimum Gasteiger partial charge on any atom is -0.363 e. The summed E-state index contributed by atoms with van der Waals surface area (Å²) < 4.78 is -1.15. The Balaban J connectivity index is 1.83. The Morgan fingerprint density at radius 2 is 1.65 bits per heavy atom. The second kappa shape index (κ2) is 10.4. The number of carbonyl (C=O) groups is 5. The first kappa shape index (κ1) is 29.7. The van der Waals surface area contributed by atoms with Crippen LogP contribution in [-0.4, -0.2) is 62.8 Å². The lowest BCUT2D eigenvalue weighted by atomic mass is 9.76. The van der Waals surface area contributed by atoms with Gasteiger partial charge in [-0.2, -0.15) is 0 Å². The van der Waals surface area contributed by atoms with Gasteiger partial charge in [0.15, 0.2) is 5.78 Å². The third kappa shape index (κ3) is 6.59. The minimum absolute atomic E-state index is 0.166. The highest BCUT2D eigenvalue weighted by atomic mass is 35.5. The highest BCUT2D eigenvalue weighted by Gasteiger charge is 2.73. The molecule has 0 aromatic rings. The standard InChI is InChI=1S/C26H40Cl2N4O5/c1-24(2,3)20(30-23(37)31-25(4,5)6)22(36)32-12-15-17(26(15,27)28)18(32)16(33)11-14(19(34)21(29)35)10-13-8-7-9-13/h13-15,17-18,20H,7-12H2,1-6H3,(H2,29,35)(H2,30,31,37)/t14?,15-,17-,18+,20+/m0/s1. The molecule has 9 nitrogen and oxygen atoms in total. The maximum absolute atomic E-state index is 13.9. The molecule has 3 fully saturated rings. The van der Waals surface area contributed by atoms with Crippen LogP contribution < -0.4 is 16.4 Å². The molecule has 1 aliphatic heterocycles. The quantitative estimate of drug-likeness (QED) is 0.295. The van der Waals surface area contributed by atoms with Crippen LogP contribution in [0.2, 0.25) is 0 Å². The van der Waals surface area contributed by atoms with E-state index in [2.05, 4.69) is 10.6 Å². The predicted octanol–water partition coefficient (Wildman–Crippen LogP) is 2.95. The number of urea groups is 1. The number of nitrogens with two attached hydrogens (primary N) is 1. The van der Waals surface area contributed by atoms with Gasteiger partial charge in [0.1, 0.15) is 10.4 Å². The van der Waals surface area contributed by atoms with Crippen LogP contribution in [0.4, 0.5) is 4.79 Å². The Morgan fingerprint density at radius 3 is 2.11 bits per heavy atom. The van der Waals surface area contributed by atoms with Crippen molar-refractivity contribution in [2.75, 3.05) is 6.54 Å². The lowest BCUT2D eigenvalue weighted by Crippen LogP contribution is -2.60. The van der Waals surface area contributed by atoms with Crippen LogP contribution in [0, 0.1) is 29.1 Å². The minimum atomic E-state index is -1.15. The molecule has 1 unspecified atom stereocenters. The van der Waals surface area contributed by atoms with E-state index in [9.17, 15) is 24.0 Å². The van der Waals surface area contributed by atoms with Crippen molar-refractivity contribution in [2.45, 2.75) is 95.6 Å². The van der Waals surface area contributed by atoms with Gasteiger partial charge in [0.05, 0.1) is 6.04 Å². The van der Waals surface area contributed by atoms with Crippen molar-refractivity contribution in [1.29, 1.82) is 0 Å². The number of Topliss-reactive ketones (excluding diaryl/α,β-unsaturated/α-hetero) is 2. The smallest absolute Gasteiger partial charge is 0.315 e. The summed E-state index contributed by atoms with van der Waals surface area (Å²) in [7, 11) is 0. The van der Waals surface area contributed by atoms with Gasteiger partial charge in [-0.1, -0.05) is 40.0 Å². The normalized spacial score (nSPS) is 26.4. The lowest BCUT2D eigenvalue weighted by molar-refractivity contribution is -0.144. The summed E-state index contributed by atoms with van der Waals surface area (Å²) in [4.78, 5) is 65.9. The van der Waals surface area contributed by atoms with Crippen LogP contribution in [0.1, 0.15) is 73.6 Å². The van der Waals surface area contributed by atoms with Gasteiger partial charge in [0.25, 0.3) is 5.91 Å². The van der Waals surface area contributed by atoms with Crippen molar-refractivity contribution in [1.82, 2.24) is 15.5 Å². The van der Waals surface area contributed by atoms with E-state index < -0.39 is 62.8 Å². The number of hydrogen-bond acceptors (Lipinski definition) is 5. The summed E-state index contributed by atoms with van der Waals surface area (Å²) in [6, 6.07) is -2.38. The molecular weight excluding hydrogens is 519 g/mol. The highest BCUT2D eigenvalue weighted by Crippen LogP contribution is 2.65. The molecule has 0 aromatic heterocycles. The van der Waals surface area contributed by atoms with E-state index in [4.69, 9.17) is 28.9 Å². The SMILES string of the molecule is CC(C)(C)NC(=O)N[C@H](C(=O)N1C[C@H]2[C@@H]([C@H]1C(=O)CC(CC1CCC1)C(=O)C(N)=O)C2(Cl)Cl)C(C)(C)C. The number of halogens is 2. The lowest BCUT2D eigenvalue weighted by Gasteiger charge is -2.38. The van der Waals surface area contributed by atoms with E-state index in [0.717, 1.165) is 19.3 Å². The van der Waals surface area contributed by atoms with Crippen LogP contribution in [0.15, 0.2) is 0 Å². The average Bonchev–Trinajstić information content (AvgIpc) is 3.06. The number of fused-ring (bicyclic) bond motifs is 1. The number of carbonyl (C=O) groups excluding carboxylic acids is 5. The van der Waals surface area contributed by atoms with Gasteiger partial charge >= 0.3 is 6.03 Å². The summed E-state index contributed by atoms with van der Waals surface area (Å²) >= 11 is 12.9. The first-order chi connectivity index (χ1) is 16.8. The number of piperidine rings is 1. The number of alkyl halides is 2. The van der Waals surface area contributed by atoms with E-state index in [1.54, 1.807) is 0 Å². The molecule has 0 spiro atoms. The fourth-order valence-electron chi connectivity index (χ4n) is 5.50. The molecule has 0 bridgehead atoms. The van der Waals surface area contributed by atoms with Gasteiger partial charge in [-0.3, -0.25) is 19.2 Å². The second-order valence-corrected chi connectivity index (χ2v) is 14.5. The predicted molar refractivity (Wildman–Crippen MR) is 141 cm³/mol. The zero-order valence-electron chi connectivity index (χ0n) is 22.5. The monoisotopic (exact) mass is 558 g/mol. The summed E-state index contributed by atoms with van der Waals surface area (Å²) in [6.45, 7) is 11.1. The van der Waals surface area contributed by atoms with Crippen molar-refractivity contribution >= 4 is 52.6 Å². The Bertz CT molecular complexity index is 967. The zero-order valence-corrected chi connectivity index (χ0v) is 24.0. The molecule has 37 heavy (non-hydrogen) atoms. The molecule has 4 N–H and O–H groups in total. The number of amides is 4. The van der Waals surface area contributed by atoms with Crippen molar-refractivity contribution in [3.05, 3.63) is 0 Å². The maximum atomic E-state index is 13.9. The summed E-state index contributed by atoms with van der Waals surface area (Å²) in [5.74, 6) is -3.95. The molecular formula is C26H40Cl2N4O5. The highest BCUT2D eigenvalue weighted by molar-refractivity contribution is 6.51. The number of primary amides is 1. The Labute approximate surface area is 228 Å². The topological polar surface area (TPSA) is 139 Å². The fraction of sp³-hybridized carbons (Fsp3) is 0.808. The van der Waals surface area contributed by atoms with Crippen molar-refractivity contribution in [3.8, 4) is 0 Å². The molecule has 0 aromatic carbocycles. The molecule has 5 atom stereocenters. The number of rotatable bonds is 9. The van der Waals surface area contributed by atoms with E-state index in [-0.39, 0.29) is 30.6 Å². The molecule has 1 heterocycles. The third-order valence-corrected chi connectivity index (χ3v) is 8.79. The van der Waals surface area contributed by atoms with Crippen molar-refractivity contribution in [3.63, 3.8) is 0 Å². The van der Waals surface area contributed by atoms with Gasteiger partial charge in [0, 0.05) is 36.3 Å². The number of hydrogen-bond donors (Lipinski definition) is 3. The molecule has 4 amide bonds. The number of likely N-dealkylation sites (tertiary alicyclic amines) is 1. The van der Waals surface area contributed by atoms with Gasteiger partial charge < -0.3 is 21.3 Å². The Hall–Kier alpha value is -1.87. The van der Waals surface area contributed by atoms with E-state index >= 15 is 0 Å². The van der Waals surface area contributed by atoms with Gasteiger partial charge in [-0.15, -0.1) is 23.2 Å². The second-order valence-electron chi connectivity index (χ2n) is 13.0. The number of nitrogens with one attached hydrogen (secondary N) is 2. The summed E-state index contributed by atoms with van der Waals surface area (Å²) in [6.07, 6.45) is 3.14. The largest absolute Gasteiger partial charge is 0.363 e. The van der Waals surface area contributed by atoms with Crippen molar-refractivity contribution < 1.29 is 24.0 Å². The fourth-order valence-corrected chi connectivity index (χ4v) is 6.33. The molecule has 2 aliphatic carbocycles. The van der Waals surface area contributed by atoms with E-state index in [1.165, 1.54) is 4.90 Å². The van der Waals surface area contributed by atoms with Crippen LogP contribution >= 0.6 is 23.2 Å². The molecule has 0 radical (unpaired) electrons. The molecule has 11 heteroatoms. The van der Waals surface area contributed by atoms with Gasteiger partial charge in [0.2, 0.25) is 11.7 Å². The van der Waals surface area contributed by atoms with Crippen LogP contribution in [0.25, 0.3) is 0 Å². The molecule has 3 aliphatic rings. The maximum Gasteiger partial charge on any atom is 0.315 e. The Morgan fingerprint density at radius 1 is 1.05 bits per heavy atom. The van der Waals surface area contributed by atoms with E-state index in [1.807, 2.05) is 41.5 Å². The molecule has 3 rings (SSSR count).